The molecule has 0 saturated heterocycles. The fourth-order valence-corrected chi connectivity index (χ4v) is 6.04. The topological polar surface area (TPSA) is 193 Å². The predicted octanol–water partition coefficient (Wildman–Crippen LogP) is 10.1. The fourth-order valence-electron chi connectivity index (χ4n) is 5.14. The van der Waals surface area contributed by atoms with Crippen molar-refractivity contribution in [3.05, 3.63) is 103 Å². The van der Waals surface area contributed by atoms with Crippen LogP contribution in [0.2, 0.25) is 0 Å². The first-order valence-corrected chi connectivity index (χ1v) is 17.5. The molecule has 0 radical (unpaired) electrons. The zero-order chi connectivity index (χ0) is 36.1. The second-order valence-corrected chi connectivity index (χ2v) is 13.4. The lowest BCUT2D eigenvalue weighted by atomic mass is 10.1. The van der Waals surface area contributed by atoms with E-state index in [1.165, 1.54) is 19.2 Å². The minimum Gasteiger partial charge on any atom is -0.507 e. The number of fused-ring (bicyclic) bond motifs is 2. The third-order valence-electron chi connectivity index (χ3n) is 7.43. The molecule has 6 aromatic carbocycles. The molecule has 0 aliphatic rings. The number of hydrogen-bond acceptors (Lipinski definition) is 15. The zero-order valence-corrected chi connectivity index (χ0v) is 28.8. The Bertz CT molecular complexity index is 2430. The molecule has 14 nitrogen and oxygen atoms in total. The van der Waals surface area contributed by atoms with Gasteiger partial charge >= 0.3 is 10.1 Å². The fraction of sp³-hybridized carbons (Fsp3) is 0.0857. The molecule has 51 heavy (non-hydrogen) atoms. The number of hydrogen-bond donors (Lipinski definition) is 4. The molecule has 6 aromatic rings. The number of aryl methyl sites for hydroxylation is 1. The standard InChI is InChI=1S/C35H29N5O9S2/c1-20-13-30(32(46-2)19-29(20)38-37-25-10-11-27-21(15-25)16-26(18-31(27)41)50-49-48-43)39-40-34-33(47-51(3,44)45)17-22-14-24(9-12-28(22)35(34)42)36-23-7-5-4-6-8-23/h4-19,36,41-43H,1-3H3. The van der Waals surface area contributed by atoms with Crippen LogP contribution in [0.25, 0.3) is 21.5 Å². The number of rotatable bonds is 12. The number of nitrogens with zero attached hydrogens (tertiary/aromatic N) is 4. The highest BCUT2D eigenvalue weighted by molar-refractivity contribution is 7.94. The Labute approximate surface area is 295 Å². The van der Waals surface area contributed by atoms with Crippen LogP contribution in [0.1, 0.15) is 5.56 Å². The molecule has 0 heterocycles. The Morgan fingerprint density at radius 1 is 0.745 bits per heavy atom. The Hall–Kier alpha value is -5.78. The van der Waals surface area contributed by atoms with Crippen LogP contribution in [-0.4, -0.2) is 37.3 Å². The normalized spacial score (nSPS) is 11.9. The van der Waals surface area contributed by atoms with Crippen molar-refractivity contribution in [2.75, 3.05) is 18.7 Å². The van der Waals surface area contributed by atoms with Crippen molar-refractivity contribution in [2.45, 2.75) is 11.8 Å². The molecule has 0 aromatic heterocycles. The van der Waals surface area contributed by atoms with Crippen LogP contribution in [0.15, 0.2) is 122 Å². The second kappa shape index (κ2) is 15.0. The van der Waals surface area contributed by atoms with E-state index in [0.717, 1.165) is 11.9 Å². The Morgan fingerprint density at radius 2 is 1.49 bits per heavy atom. The monoisotopic (exact) mass is 727 g/mol. The van der Waals surface area contributed by atoms with Crippen LogP contribution < -0.4 is 14.2 Å². The van der Waals surface area contributed by atoms with E-state index in [1.807, 2.05) is 30.3 Å². The number of phenols is 2. The van der Waals surface area contributed by atoms with E-state index in [4.69, 9.17) is 14.2 Å². The molecule has 6 rings (SSSR count). The van der Waals surface area contributed by atoms with Gasteiger partial charge in [0.25, 0.3) is 0 Å². The quantitative estimate of drug-likeness (QED) is 0.0308. The highest BCUT2D eigenvalue weighted by Gasteiger charge is 2.19. The van der Waals surface area contributed by atoms with E-state index in [-0.39, 0.29) is 34.4 Å². The molecule has 0 bridgehead atoms. The Kier molecular flexibility index (Phi) is 10.3. The highest BCUT2D eigenvalue weighted by Crippen LogP contribution is 2.46. The van der Waals surface area contributed by atoms with E-state index in [9.17, 15) is 18.6 Å². The van der Waals surface area contributed by atoms with Crippen molar-refractivity contribution in [3.8, 4) is 23.0 Å². The summed E-state index contributed by atoms with van der Waals surface area (Å²) in [5.74, 6) is -0.265. The number of anilines is 2. The van der Waals surface area contributed by atoms with Crippen molar-refractivity contribution < 1.29 is 42.2 Å². The van der Waals surface area contributed by atoms with Crippen molar-refractivity contribution in [1.29, 1.82) is 0 Å². The van der Waals surface area contributed by atoms with Gasteiger partial charge in [0.1, 0.15) is 17.2 Å². The minimum absolute atomic E-state index is 0.00245. The van der Waals surface area contributed by atoms with Gasteiger partial charge in [0.15, 0.2) is 17.2 Å². The maximum Gasteiger partial charge on any atom is 0.306 e. The number of methoxy groups -OCH3 is 1. The van der Waals surface area contributed by atoms with Crippen molar-refractivity contribution in [2.24, 2.45) is 20.5 Å². The van der Waals surface area contributed by atoms with E-state index < -0.39 is 10.1 Å². The average Bonchev–Trinajstić information content (AvgIpc) is 3.09. The minimum atomic E-state index is -4.01. The van der Waals surface area contributed by atoms with Crippen LogP contribution in [0, 0.1) is 6.92 Å². The van der Waals surface area contributed by atoms with Gasteiger partial charge in [-0.3, -0.25) is 0 Å². The number of azo groups is 2. The zero-order valence-electron chi connectivity index (χ0n) is 27.1. The summed E-state index contributed by atoms with van der Waals surface area (Å²) >= 11 is 0.713. The van der Waals surface area contributed by atoms with Gasteiger partial charge in [-0.15, -0.1) is 14.6 Å². The van der Waals surface area contributed by atoms with Crippen LogP contribution in [-0.2, 0) is 19.5 Å². The molecule has 260 valence electrons. The number of benzene rings is 6. The molecule has 0 aliphatic heterocycles. The number of phenolic OH excluding ortho intramolecular Hbond substituents is 2. The lowest BCUT2D eigenvalue weighted by molar-refractivity contribution is -0.432. The molecule has 0 amide bonds. The van der Waals surface area contributed by atoms with E-state index in [0.29, 0.717) is 61.1 Å². The van der Waals surface area contributed by atoms with Crippen LogP contribution in [0.5, 0.6) is 23.0 Å². The van der Waals surface area contributed by atoms with Crippen LogP contribution >= 0.6 is 12.0 Å². The third kappa shape index (κ3) is 8.34. The first-order valence-electron chi connectivity index (χ1n) is 15.0. The lowest BCUT2D eigenvalue weighted by Crippen LogP contribution is -2.06. The molecule has 0 saturated carbocycles. The molecular weight excluding hydrogens is 699 g/mol. The molecule has 16 heteroatoms. The summed E-state index contributed by atoms with van der Waals surface area (Å²) in [7, 11) is -2.57. The van der Waals surface area contributed by atoms with Gasteiger partial charge in [-0.1, -0.05) is 23.2 Å². The summed E-state index contributed by atoms with van der Waals surface area (Å²) in [6.45, 7) is 1.78. The number of para-hydroxylation sites is 1. The maximum absolute atomic E-state index is 12.2. The highest BCUT2D eigenvalue weighted by atomic mass is 32.2. The molecule has 0 fully saturated rings. The van der Waals surface area contributed by atoms with Gasteiger partial charge in [0.05, 0.1) is 36.8 Å². The second-order valence-electron chi connectivity index (χ2n) is 11.1. The Morgan fingerprint density at radius 3 is 2.24 bits per heavy atom. The van der Waals surface area contributed by atoms with Gasteiger partial charge in [-0.05, 0) is 96.1 Å². The van der Waals surface area contributed by atoms with Crippen molar-refractivity contribution >= 4 is 77.8 Å². The van der Waals surface area contributed by atoms with Gasteiger partial charge in [-0.25, -0.2) is 5.26 Å². The van der Waals surface area contributed by atoms with Gasteiger partial charge in [0.2, 0.25) is 0 Å². The van der Waals surface area contributed by atoms with Crippen LogP contribution in [0.4, 0.5) is 34.1 Å². The summed E-state index contributed by atoms with van der Waals surface area (Å²) in [6, 6.07) is 27.7. The summed E-state index contributed by atoms with van der Waals surface area (Å²) in [6.07, 6.45) is 0.893. The smallest absolute Gasteiger partial charge is 0.306 e. The summed E-state index contributed by atoms with van der Waals surface area (Å²) < 4.78 is 39.7. The van der Waals surface area contributed by atoms with Gasteiger partial charge in [0, 0.05) is 33.1 Å². The molecular formula is C35H29N5O9S2. The average molecular weight is 728 g/mol. The summed E-state index contributed by atoms with van der Waals surface area (Å²) in [5.41, 5.74) is 3.22. The van der Waals surface area contributed by atoms with E-state index in [2.05, 4.69) is 35.1 Å². The first-order chi connectivity index (χ1) is 24.5. The number of aromatic hydroxyl groups is 2. The number of nitrogens with one attached hydrogen (secondary N) is 1. The Balaban J connectivity index is 1.31. The van der Waals surface area contributed by atoms with Crippen molar-refractivity contribution in [1.82, 2.24) is 0 Å². The molecule has 0 atom stereocenters. The van der Waals surface area contributed by atoms with E-state index in [1.54, 1.807) is 61.5 Å². The lowest BCUT2D eigenvalue weighted by Gasteiger charge is -2.13. The first kappa shape index (κ1) is 35.1. The predicted molar refractivity (Wildman–Crippen MR) is 193 cm³/mol. The largest absolute Gasteiger partial charge is 0.507 e. The summed E-state index contributed by atoms with van der Waals surface area (Å²) in [5, 5.41) is 56.3. The van der Waals surface area contributed by atoms with E-state index >= 15 is 0 Å². The third-order valence-corrected chi connectivity index (χ3v) is 8.47. The molecule has 0 aliphatic carbocycles. The molecule has 0 spiro atoms. The van der Waals surface area contributed by atoms with Crippen molar-refractivity contribution in [3.63, 3.8) is 0 Å². The number of ether oxygens (including phenoxy) is 1. The van der Waals surface area contributed by atoms with Gasteiger partial charge < -0.3 is 24.4 Å². The van der Waals surface area contributed by atoms with Crippen LogP contribution in [0.3, 0.4) is 0 Å². The van der Waals surface area contributed by atoms with Gasteiger partial charge in [-0.2, -0.15) is 18.6 Å². The molecule has 4 N–H and O–H groups in total. The molecule has 0 unspecified atom stereocenters. The SMILES string of the molecule is COc1cc(N=Nc2ccc3c(O)cc(SOOO)cc3c2)c(C)cc1N=Nc1c(OS(C)(=O)=O)cc2cc(Nc3ccccc3)ccc2c1O. The maximum atomic E-state index is 12.2. The summed E-state index contributed by atoms with van der Waals surface area (Å²) in [4.78, 5) is 0.478.